The van der Waals surface area contributed by atoms with E-state index in [1.165, 1.54) is 6.92 Å². The SMILES string of the molecule is CCCN1C(F)=C(F)C(C(F)(F)F)=C(F)C1F. The van der Waals surface area contributed by atoms with Gasteiger partial charge in [0.15, 0.2) is 11.7 Å². The summed E-state index contributed by atoms with van der Waals surface area (Å²) in [5, 5.41) is 0. The molecule has 1 aliphatic heterocycles. The van der Waals surface area contributed by atoms with E-state index in [0.29, 0.717) is 0 Å². The molecule has 0 saturated heterocycles. The predicted molar refractivity (Wildman–Crippen MR) is 45.3 cm³/mol. The van der Waals surface area contributed by atoms with Crippen molar-refractivity contribution in [2.75, 3.05) is 6.54 Å². The Morgan fingerprint density at radius 2 is 1.71 bits per heavy atom. The lowest BCUT2D eigenvalue weighted by Crippen LogP contribution is -2.37. The zero-order valence-electron chi connectivity index (χ0n) is 8.58. The fraction of sp³-hybridized carbons (Fsp3) is 0.556. The fourth-order valence-corrected chi connectivity index (χ4v) is 1.40. The van der Waals surface area contributed by atoms with Crippen LogP contribution in [0.1, 0.15) is 13.3 Å². The first kappa shape index (κ1) is 13.9. The molecule has 0 aromatic heterocycles. The van der Waals surface area contributed by atoms with Crippen molar-refractivity contribution in [1.29, 1.82) is 0 Å². The van der Waals surface area contributed by atoms with Gasteiger partial charge < -0.3 is 4.90 Å². The van der Waals surface area contributed by atoms with Gasteiger partial charge in [0.1, 0.15) is 5.57 Å². The van der Waals surface area contributed by atoms with Crippen LogP contribution in [0.2, 0.25) is 0 Å². The van der Waals surface area contributed by atoms with Crippen molar-refractivity contribution >= 4 is 0 Å². The molecule has 0 aliphatic carbocycles. The maximum Gasteiger partial charge on any atom is 0.422 e. The highest BCUT2D eigenvalue weighted by Gasteiger charge is 2.48. The van der Waals surface area contributed by atoms with E-state index < -0.39 is 42.2 Å². The number of hydrogen-bond acceptors (Lipinski definition) is 1. The van der Waals surface area contributed by atoms with E-state index in [2.05, 4.69) is 0 Å². The second-order valence-electron chi connectivity index (χ2n) is 3.35. The zero-order valence-corrected chi connectivity index (χ0v) is 8.58. The normalized spacial score (nSPS) is 22.6. The standard InChI is InChI=1S/C9H8F7N/c1-2-3-17-7(12)5(10)4(9(14,15)16)6(11)8(17)13/h7H,2-3H2,1H3. The third-order valence-corrected chi connectivity index (χ3v) is 2.12. The van der Waals surface area contributed by atoms with Crippen LogP contribution >= 0.6 is 0 Å². The number of hydrogen-bond donors (Lipinski definition) is 0. The van der Waals surface area contributed by atoms with Gasteiger partial charge in [-0.25, -0.2) is 13.2 Å². The molecule has 0 spiro atoms. The van der Waals surface area contributed by atoms with Gasteiger partial charge in [0.05, 0.1) is 0 Å². The summed E-state index contributed by atoms with van der Waals surface area (Å²) in [5.74, 6) is -6.81. The van der Waals surface area contributed by atoms with E-state index in [1.807, 2.05) is 0 Å². The molecule has 1 atom stereocenters. The zero-order chi connectivity index (χ0) is 13.4. The molecule has 0 bridgehead atoms. The average Bonchev–Trinajstić information content (AvgIpc) is 2.20. The maximum absolute atomic E-state index is 13.2. The Kier molecular flexibility index (Phi) is 3.73. The Balaban J connectivity index is 3.27. The molecule has 0 saturated carbocycles. The molecular weight excluding hydrogens is 255 g/mol. The fourth-order valence-electron chi connectivity index (χ4n) is 1.40. The first-order valence-electron chi connectivity index (χ1n) is 4.65. The third kappa shape index (κ3) is 2.39. The van der Waals surface area contributed by atoms with Crippen molar-refractivity contribution in [1.82, 2.24) is 4.90 Å². The van der Waals surface area contributed by atoms with Crippen LogP contribution in [0.15, 0.2) is 23.2 Å². The van der Waals surface area contributed by atoms with Crippen molar-refractivity contribution in [3.63, 3.8) is 0 Å². The van der Waals surface area contributed by atoms with E-state index in [9.17, 15) is 30.7 Å². The molecule has 0 amide bonds. The summed E-state index contributed by atoms with van der Waals surface area (Å²) < 4.78 is 88.9. The monoisotopic (exact) mass is 263 g/mol. The largest absolute Gasteiger partial charge is 0.422 e. The van der Waals surface area contributed by atoms with Gasteiger partial charge in [0, 0.05) is 6.54 Å². The Hall–Kier alpha value is -1.21. The lowest BCUT2D eigenvalue weighted by molar-refractivity contribution is -0.0978. The summed E-state index contributed by atoms with van der Waals surface area (Å²) in [7, 11) is 0. The Labute approximate surface area is 92.2 Å². The van der Waals surface area contributed by atoms with Gasteiger partial charge in [0.25, 0.3) is 0 Å². The van der Waals surface area contributed by atoms with E-state index >= 15 is 0 Å². The molecule has 0 aromatic carbocycles. The van der Waals surface area contributed by atoms with Gasteiger partial charge >= 0.3 is 6.18 Å². The van der Waals surface area contributed by atoms with Crippen LogP contribution in [0.5, 0.6) is 0 Å². The van der Waals surface area contributed by atoms with E-state index in [4.69, 9.17) is 0 Å². The van der Waals surface area contributed by atoms with Crippen LogP contribution in [0.3, 0.4) is 0 Å². The van der Waals surface area contributed by atoms with Gasteiger partial charge in [-0.05, 0) is 6.42 Å². The molecule has 0 aromatic rings. The first-order valence-corrected chi connectivity index (χ1v) is 4.65. The smallest absolute Gasteiger partial charge is 0.310 e. The van der Waals surface area contributed by atoms with Gasteiger partial charge in [-0.3, -0.25) is 0 Å². The highest BCUT2D eigenvalue weighted by molar-refractivity contribution is 5.38. The van der Waals surface area contributed by atoms with Gasteiger partial charge in [-0.2, -0.15) is 17.6 Å². The molecule has 0 fully saturated rings. The van der Waals surface area contributed by atoms with Gasteiger partial charge in [0.2, 0.25) is 12.2 Å². The number of alkyl halides is 4. The second-order valence-corrected chi connectivity index (χ2v) is 3.35. The lowest BCUT2D eigenvalue weighted by Gasteiger charge is -2.30. The van der Waals surface area contributed by atoms with Crippen molar-refractivity contribution < 1.29 is 30.7 Å². The van der Waals surface area contributed by atoms with Crippen LogP contribution in [0, 0.1) is 0 Å². The highest BCUT2D eigenvalue weighted by atomic mass is 19.4. The maximum atomic E-state index is 13.2. The van der Waals surface area contributed by atoms with Crippen molar-refractivity contribution in [2.24, 2.45) is 0 Å². The van der Waals surface area contributed by atoms with E-state index in [1.54, 1.807) is 0 Å². The topological polar surface area (TPSA) is 3.24 Å². The predicted octanol–water partition coefficient (Wildman–Crippen LogP) is 3.90. The molecule has 98 valence electrons. The highest BCUT2D eigenvalue weighted by Crippen LogP contribution is 2.43. The lowest BCUT2D eigenvalue weighted by atomic mass is 10.1. The Morgan fingerprint density at radius 3 is 2.12 bits per heavy atom. The van der Waals surface area contributed by atoms with E-state index in [-0.39, 0.29) is 11.3 Å². The Bertz CT molecular complexity index is 368. The summed E-state index contributed by atoms with van der Waals surface area (Å²) in [6.45, 7) is 1.03. The van der Waals surface area contributed by atoms with Crippen molar-refractivity contribution in [2.45, 2.75) is 25.8 Å². The third-order valence-electron chi connectivity index (χ3n) is 2.12. The summed E-state index contributed by atoms with van der Waals surface area (Å²) >= 11 is 0. The van der Waals surface area contributed by atoms with Crippen molar-refractivity contribution in [3.05, 3.63) is 23.2 Å². The van der Waals surface area contributed by atoms with Crippen LogP contribution in [0.4, 0.5) is 30.7 Å². The quantitative estimate of drug-likeness (QED) is 0.539. The molecule has 1 aliphatic rings. The minimum atomic E-state index is -5.48. The molecule has 0 N–H and O–H groups in total. The van der Waals surface area contributed by atoms with Crippen LogP contribution in [-0.2, 0) is 0 Å². The molecule has 1 unspecified atom stereocenters. The number of halogens is 7. The number of nitrogens with zero attached hydrogens (tertiary/aromatic N) is 1. The molecule has 1 rings (SSSR count). The summed E-state index contributed by atoms with van der Waals surface area (Å²) in [6, 6.07) is 0. The summed E-state index contributed by atoms with van der Waals surface area (Å²) in [6.07, 6.45) is -8.31. The molecule has 17 heavy (non-hydrogen) atoms. The van der Waals surface area contributed by atoms with Crippen LogP contribution in [0.25, 0.3) is 0 Å². The molecular formula is C9H8F7N. The van der Waals surface area contributed by atoms with Gasteiger partial charge in [-0.15, -0.1) is 0 Å². The number of allylic oxidation sites excluding steroid dienone is 2. The Morgan fingerprint density at radius 1 is 1.18 bits per heavy atom. The van der Waals surface area contributed by atoms with Crippen molar-refractivity contribution in [3.8, 4) is 0 Å². The summed E-state index contributed by atoms with van der Waals surface area (Å²) in [4.78, 5) is -0.0279. The number of rotatable bonds is 2. The average molecular weight is 263 g/mol. The molecule has 0 radical (unpaired) electrons. The van der Waals surface area contributed by atoms with Gasteiger partial charge in [-0.1, -0.05) is 6.92 Å². The minimum Gasteiger partial charge on any atom is -0.310 e. The van der Waals surface area contributed by atoms with E-state index in [0.717, 1.165) is 0 Å². The molecule has 1 nitrogen and oxygen atoms in total. The summed E-state index contributed by atoms with van der Waals surface area (Å²) in [5.41, 5.74) is -2.52. The molecule has 8 heteroatoms. The van der Waals surface area contributed by atoms with Crippen LogP contribution < -0.4 is 0 Å². The minimum absolute atomic E-state index is 0.0279. The second kappa shape index (κ2) is 4.58. The molecule has 1 heterocycles. The first-order chi connectivity index (χ1) is 7.71. The van der Waals surface area contributed by atoms with Crippen LogP contribution in [-0.4, -0.2) is 23.9 Å².